The molecule has 1 spiro atoms. The lowest BCUT2D eigenvalue weighted by atomic mass is 9.88. The van der Waals surface area contributed by atoms with E-state index in [1.54, 1.807) is 6.20 Å². The van der Waals surface area contributed by atoms with E-state index in [1.165, 1.54) is 11.3 Å². The van der Waals surface area contributed by atoms with Crippen LogP contribution in [0.5, 0.6) is 0 Å². The Bertz CT molecular complexity index is 697. The van der Waals surface area contributed by atoms with Gasteiger partial charge in [-0.3, -0.25) is 9.78 Å². The maximum atomic E-state index is 12.5. The third kappa shape index (κ3) is 3.76. The summed E-state index contributed by atoms with van der Waals surface area (Å²) in [6.45, 7) is 2.72. The Hall–Kier alpha value is -1.76. The smallest absolute Gasteiger partial charge is 0.263 e. The number of amides is 1. The number of aromatic nitrogens is 1. The molecule has 0 saturated carbocycles. The predicted molar refractivity (Wildman–Crippen MR) is 95.6 cm³/mol. The largest absolute Gasteiger partial charge is 0.372 e. The number of carbonyl (C=O) groups excluding carboxylic acids is 1. The van der Waals surface area contributed by atoms with E-state index in [0.29, 0.717) is 13.2 Å². The molecular weight excluding hydrogens is 336 g/mol. The molecule has 2 saturated heterocycles. The predicted octanol–water partition coefficient (Wildman–Crippen LogP) is 3.12. The quantitative estimate of drug-likeness (QED) is 0.843. The van der Waals surface area contributed by atoms with Crippen LogP contribution in [0.2, 0.25) is 0 Å². The van der Waals surface area contributed by atoms with Crippen LogP contribution >= 0.6 is 11.3 Å². The van der Waals surface area contributed by atoms with E-state index in [1.807, 2.05) is 40.7 Å². The number of piperidine rings is 1. The van der Waals surface area contributed by atoms with Crippen molar-refractivity contribution in [3.8, 4) is 0 Å². The van der Waals surface area contributed by atoms with Gasteiger partial charge in [-0.2, -0.15) is 0 Å². The van der Waals surface area contributed by atoms with Gasteiger partial charge in [-0.1, -0.05) is 12.1 Å². The van der Waals surface area contributed by atoms with E-state index in [0.717, 1.165) is 42.8 Å². The van der Waals surface area contributed by atoms with Crippen LogP contribution in [-0.2, 0) is 16.1 Å². The molecule has 6 heteroatoms. The van der Waals surface area contributed by atoms with Crippen molar-refractivity contribution in [3.05, 3.63) is 52.5 Å². The van der Waals surface area contributed by atoms with Crippen molar-refractivity contribution >= 4 is 17.2 Å². The molecule has 0 N–H and O–H groups in total. The first-order chi connectivity index (χ1) is 12.2. The van der Waals surface area contributed by atoms with E-state index >= 15 is 0 Å². The molecule has 0 aliphatic carbocycles. The average Bonchev–Trinajstić information content (AvgIpc) is 3.32. The zero-order valence-electron chi connectivity index (χ0n) is 14.1. The summed E-state index contributed by atoms with van der Waals surface area (Å²) >= 11 is 1.51. The van der Waals surface area contributed by atoms with Crippen LogP contribution in [0.3, 0.4) is 0 Å². The number of thiophene rings is 1. The number of carbonyl (C=O) groups is 1. The summed E-state index contributed by atoms with van der Waals surface area (Å²) in [6.07, 6.45) is 6.41. The summed E-state index contributed by atoms with van der Waals surface area (Å²) in [4.78, 5) is 19.3. The van der Waals surface area contributed by atoms with E-state index < -0.39 is 0 Å². The van der Waals surface area contributed by atoms with Crippen molar-refractivity contribution in [2.75, 3.05) is 19.7 Å². The zero-order valence-corrected chi connectivity index (χ0v) is 14.9. The SMILES string of the molecule is O=C(c1cccs1)N1CCC2(CC1)CC(OCc1cccnc1)CO2. The highest BCUT2D eigenvalue weighted by atomic mass is 32.1. The molecule has 2 aliphatic rings. The van der Waals surface area contributed by atoms with Gasteiger partial charge in [0, 0.05) is 31.9 Å². The highest BCUT2D eigenvalue weighted by Gasteiger charge is 2.44. The fourth-order valence-corrected chi connectivity index (χ4v) is 4.32. The Morgan fingerprint density at radius 3 is 2.96 bits per heavy atom. The van der Waals surface area contributed by atoms with Gasteiger partial charge in [0.25, 0.3) is 5.91 Å². The van der Waals surface area contributed by atoms with Gasteiger partial charge in [0.2, 0.25) is 0 Å². The number of rotatable bonds is 4. The summed E-state index contributed by atoms with van der Waals surface area (Å²) in [7, 11) is 0. The van der Waals surface area contributed by atoms with Gasteiger partial charge in [0.15, 0.2) is 0 Å². The minimum absolute atomic E-state index is 0.119. The molecule has 4 rings (SSSR count). The van der Waals surface area contributed by atoms with Crippen molar-refractivity contribution in [2.24, 2.45) is 0 Å². The van der Waals surface area contributed by atoms with Crippen molar-refractivity contribution in [1.82, 2.24) is 9.88 Å². The molecule has 1 unspecified atom stereocenters. The first-order valence-electron chi connectivity index (χ1n) is 8.71. The average molecular weight is 358 g/mol. The number of pyridine rings is 1. The lowest BCUT2D eigenvalue weighted by Crippen LogP contribution is -2.46. The van der Waals surface area contributed by atoms with Crippen LogP contribution in [0.1, 0.15) is 34.5 Å². The molecule has 0 bridgehead atoms. The van der Waals surface area contributed by atoms with Gasteiger partial charge < -0.3 is 14.4 Å². The normalized spacial score (nSPS) is 22.4. The highest BCUT2D eigenvalue weighted by molar-refractivity contribution is 7.12. The number of likely N-dealkylation sites (tertiary alicyclic amines) is 1. The van der Waals surface area contributed by atoms with Gasteiger partial charge >= 0.3 is 0 Å². The molecule has 2 aromatic heterocycles. The van der Waals surface area contributed by atoms with Crippen LogP contribution in [0, 0.1) is 0 Å². The van der Waals surface area contributed by atoms with Crippen molar-refractivity contribution in [3.63, 3.8) is 0 Å². The van der Waals surface area contributed by atoms with Gasteiger partial charge in [-0.05, 0) is 35.9 Å². The van der Waals surface area contributed by atoms with E-state index in [2.05, 4.69) is 4.98 Å². The summed E-state index contributed by atoms with van der Waals surface area (Å²) in [5.41, 5.74) is 0.964. The lowest BCUT2D eigenvalue weighted by molar-refractivity contribution is -0.0411. The standard InChI is InChI=1S/C19H22N2O3S/c22-18(17-4-2-10-25-17)21-8-5-19(6-9-21)11-16(14-24-19)23-13-15-3-1-7-20-12-15/h1-4,7,10,12,16H,5-6,8-9,11,13-14H2. The van der Waals surface area contributed by atoms with E-state index in [-0.39, 0.29) is 17.6 Å². The minimum atomic E-state index is -0.119. The number of hydrogen-bond donors (Lipinski definition) is 0. The molecule has 1 amide bonds. The van der Waals surface area contributed by atoms with Gasteiger partial charge in [0.1, 0.15) is 0 Å². The summed E-state index contributed by atoms with van der Waals surface area (Å²) < 4.78 is 12.1. The second-order valence-corrected chi connectivity index (χ2v) is 7.71. The van der Waals surface area contributed by atoms with Gasteiger partial charge in [-0.25, -0.2) is 0 Å². The first kappa shape index (κ1) is 16.7. The first-order valence-corrected chi connectivity index (χ1v) is 9.59. The van der Waals surface area contributed by atoms with E-state index in [4.69, 9.17) is 9.47 Å². The van der Waals surface area contributed by atoms with Gasteiger partial charge in [-0.15, -0.1) is 11.3 Å². The molecule has 2 aliphatic heterocycles. The molecule has 25 heavy (non-hydrogen) atoms. The van der Waals surface area contributed by atoms with E-state index in [9.17, 15) is 4.79 Å². The van der Waals surface area contributed by atoms with Gasteiger partial charge in [0.05, 0.1) is 29.8 Å². The topological polar surface area (TPSA) is 51.7 Å². The maximum Gasteiger partial charge on any atom is 0.263 e. The van der Waals surface area contributed by atoms with Crippen LogP contribution in [-0.4, -0.2) is 47.2 Å². The van der Waals surface area contributed by atoms with Crippen molar-refractivity contribution < 1.29 is 14.3 Å². The Labute approximate surface area is 151 Å². The molecule has 2 aromatic rings. The molecule has 4 heterocycles. The Morgan fingerprint density at radius 1 is 1.36 bits per heavy atom. The third-order valence-electron chi connectivity index (χ3n) is 5.08. The van der Waals surface area contributed by atoms with Crippen LogP contribution < -0.4 is 0 Å². The monoisotopic (exact) mass is 358 g/mol. The van der Waals surface area contributed by atoms with Crippen LogP contribution in [0.15, 0.2) is 42.0 Å². The fourth-order valence-electron chi connectivity index (χ4n) is 3.63. The van der Waals surface area contributed by atoms with Crippen molar-refractivity contribution in [2.45, 2.75) is 37.6 Å². The number of hydrogen-bond acceptors (Lipinski definition) is 5. The summed E-state index contributed by atoms with van der Waals surface area (Å²) in [6, 6.07) is 7.76. The van der Waals surface area contributed by atoms with Crippen LogP contribution in [0.4, 0.5) is 0 Å². The van der Waals surface area contributed by atoms with Crippen molar-refractivity contribution in [1.29, 1.82) is 0 Å². The Balaban J connectivity index is 1.28. The summed E-state index contributed by atoms with van der Waals surface area (Å²) in [5.74, 6) is 0.146. The maximum absolute atomic E-state index is 12.5. The molecule has 132 valence electrons. The molecular formula is C19H22N2O3S. The molecule has 0 radical (unpaired) electrons. The van der Waals surface area contributed by atoms with Crippen LogP contribution in [0.25, 0.3) is 0 Å². The molecule has 1 atom stereocenters. The molecule has 5 nitrogen and oxygen atoms in total. The Morgan fingerprint density at radius 2 is 2.24 bits per heavy atom. The highest BCUT2D eigenvalue weighted by Crippen LogP contribution is 2.37. The zero-order chi connectivity index (χ0) is 17.1. The summed E-state index contributed by atoms with van der Waals surface area (Å²) in [5, 5.41) is 1.95. The number of nitrogens with zero attached hydrogens (tertiary/aromatic N) is 2. The second-order valence-electron chi connectivity index (χ2n) is 6.76. The molecule has 2 fully saturated rings. The fraction of sp³-hybridized carbons (Fsp3) is 0.474. The lowest BCUT2D eigenvalue weighted by Gasteiger charge is -2.38. The number of ether oxygens (including phenoxy) is 2. The Kier molecular flexibility index (Phi) is 4.83. The molecule has 0 aromatic carbocycles. The minimum Gasteiger partial charge on any atom is -0.372 e. The third-order valence-corrected chi connectivity index (χ3v) is 5.94. The second kappa shape index (κ2) is 7.23.